The summed E-state index contributed by atoms with van der Waals surface area (Å²) in [7, 11) is 0. The van der Waals surface area contributed by atoms with Crippen molar-refractivity contribution in [1.82, 2.24) is 5.32 Å². The standard InChI is InChI=1S/C10H9NO2/c12-8-11-10(13)7-6-9-4-2-1-3-5-9/h1-8H,(H,11,12,13)/b7-6+. The molecule has 1 N–H and O–H groups in total. The third-order valence-electron chi connectivity index (χ3n) is 1.43. The Bertz CT molecular complexity index is 317. The van der Waals surface area contributed by atoms with Gasteiger partial charge in [0.15, 0.2) is 0 Å². The number of hydrogen-bond donors (Lipinski definition) is 1. The van der Waals surface area contributed by atoms with Gasteiger partial charge in [-0.3, -0.25) is 14.9 Å². The summed E-state index contributed by atoms with van der Waals surface area (Å²) in [5.41, 5.74) is 0.920. The maximum absolute atomic E-state index is 10.8. The number of rotatable bonds is 3. The zero-order chi connectivity index (χ0) is 9.52. The van der Waals surface area contributed by atoms with Crippen LogP contribution in [-0.2, 0) is 9.59 Å². The van der Waals surface area contributed by atoms with Crippen molar-refractivity contribution in [1.29, 1.82) is 0 Å². The Labute approximate surface area is 76.1 Å². The average Bonchev–Trinajstić information content (AvgIpc) is 2.17. The van der Waals surface area contributed by atoms with Gasteiger partial charge in [0.1, 0.15) is 0 Å². The number of nitrogens with one attached hydrogen (secondary N) is 1. The molecule has 0 spiro atoms. The molecule has 0 fully saturated rings. The van der Waals surface area contributed by atoms with Crippen LogP contribution in [0.15, 0.2) is 36.4 Å². The topological polar surface area (TPSA) is 46.2 Å². The van der Waals surface area contributed by atoms with E-state index in [1.165, 1.54) is 6.08 Å². The van der Waals surface area contributed by atoms with Crippen molar-refractivity contribution >= 4 is 18.4 Å². The third-order valence-corrected chi connectivity index (χ3v) is 1.43. The Morgan fingerprint density at radius 1 is 1.23 bits per heavy atom. The van der Waals surface area contributed by atoms with Crippen molar-refractivity contribution in [3.63, 3.8) is 0 Å². The maximum Gasteiger partial charge on any atom is 0.250 e. The molecule has 0 saturated heterocycles. The van der Waals surface area contributed by atoms with Crippen molar-refractivity contribution in [3.05, 3.63) is 42.0 Å². The van der Waals surface area contributed by atoms with Crippen molar-refractivity contribution < 1.29 is 9.59 Å². The molecule has 0 aliphatic heterocycles. The van der Waals surface area contributed by atoms with Gasteiger partial charge < -0.3 is 0 Å². The maximum atomic E-state index is 10.8. The van der Waals surface area contributed by atoms with E-state index in [0.29, 0.717) is 6.41 Å². The SMILES string of the molecule is O=CNC(=O)/C=C/c1ccccc1. The van der Waals surface area contributed by atoms with Gasteiger partial charge in [0, 0.05) is 6.08 Å². The van der Waals surface area contributed by atoms with E-state index < -0.39 is 5.91 Å². The largest absolute Gasteiger partial charge is 0.295 e. The van der Waals surface area contributed by atoms with Gasteiger partial charge in [0.25, 0.3) is 0 Å². The van der Waals surface area contributed by atoms with Crippen LogP contribution in [0, 0.1) is 0 Å². The monoisotopic (exact) mass is 175 g/mol. The molecule has 0 atom stereocenters. The Morgan fingerprint density at radius 2 is 1.92 bits per heavy atom. The lowest BCUT2D eigenvalue weighted by atomic mass is 10.2. The number of benzene rings is 1. The average molecular weight is 175 g/mol. The summed E-state index contributed by atoms with van der Waals surface area (Å²) in [6.45, 7) is 0. The summed E-state index contributed by atoms with van der Waals surface area (Å²) < 4.78 is 0. The molecule has 0 unspecified atom stereocenters. The molecular formula is C10H9NO2. The fourth-order valence-corrected chi connectivity index (χ4v) is 0.842. The summed E-state index contributed by atoms with van der Waals surface area (Å²) >= 11 is 0. The lowest BCUT2D eigenvalue weighted by Gasteiger charge is -1.90. The Balaban J connectivity index is 2.58. The molecule has 0 radical (unpaired) electrons. The predicted octanol–water partition coefficient (Wildman–Crippen LogP) is 0.972. The molecule has 2 amide bonds. The van der Waals surface area contributed by atoms with E-state index in [9.17, 15) is 9.59 Å². The minimum atomic E-state index is -0.418. The fraction of sp³-hybridized carbons (Fsp3) is 0. The lowest BCUT2D eigenvalue weighted by Crippen LogP contribution is -2.17. The quantitative estimate of drug-likeness (QED) is 0.549. The van der Waals surface area contributed by atoms with Crippen molar-refractivity contribution in [2.45, 2.75) is 0 Å². The van der Waals surface area contributed by atoms with Crippen molar-refractivity contribution in [3.8, 4) is 0 Å². The van der Waals surface area contributed by atoms with Gasteiger partial charge in [-0.2, -0.15) is 0 Å². The van der Waals surface area contributed by atoms with E-state index in [-0.39, 0.29) is 0 Å². The molecule has 1 aromatic rings. The molecule has 1 rings (SSSR count). The molecule has 0 aliphatic carbocycles. The van der Waals surface area contributed by atoms with Crippen LogP contribution < -0.4 is 5.32 Å². The minimum Gasteiger partial charge on any atom is -0.295 e. The van der Waals surface area contributed by atoms with E-state index in [4.69, 9.17) is 0 Å². The molecule has 3 nitrogen and oxygen atoms in total. The zero-order valence-electron chi connectivity index (χ0n) is 6.94. The number of hydrogen-bond acceptors (Lipinski definition) is 2. The normalized spacial score (nSPS) is 9.85. The van der Waals surface area contributed by atoms with Crippen molar-refractivity contribution in [2.24, 2.45) is 0 Å². The molecule has 0 heterocycles. The van der Waals surface area contributed by atoms with E-state index in [1.54, 1.807) is 6.08 Å². The summed E-state index contributed by atoms with van der Waals surface area (Å²) in [4.78, 5) is 20.6. The fourth-order valence-electron chi connectivity index (χ4n) is 0.842. The zero-order valence-corrected chi connectivity index (χ0v) is 6.94. The van der Waals surface area contributed by atoms with Gasteiger partial charge in [-0.05, 0) is 11.6 Å². The molecule has 0 saturated carbocycles. The number of amides is 2. The number of carbonyl (C=O) groups excluding carboxylic acids is 2. The highest BCUT2D eigenvalue weighted by Gasteiger charge is 1.90. The van der Waals surface area contributed by atoms with Gasteiger partial charge >= 0.3 is 0 Å². The Hall–Kier alpha value is -1.90. The minimum absolute atomic E-state index is 0.359. The predicted molar refractivity (Wildman–Crippen MR) is 49.7 cm³/mol. The molecule has 13 heavy (non-hydrogen) atoms. The van der Waals surface area contributed by atoms with Gasteiger partial charge in [0.2, 0.25) is 12.3 Å². The van der Waals surface area contributed by atoms with Crippen LogP contribution in [0.4, 0.5) is 0 Å². The lowest BCUT2D eigenvalue weighted by molar-refractivity contribution is -0.121. The highest BCUT2D eigenvalue weighted by molar-refractivity contribution is 5.97. The molecule has 66 valence electrons. The molecule has 0 aliphatic rings. The molecular weight excluding hydrogens is 166 g/mol. The second-order valence-corrected chi connectivity index (χ2v) is 2.37. The highest BCUT2D eigenvalue weighted by atomic mass is 16.2. The second kappa shape index (κ2) is 4.87. The summed E-state index contributed by atoms with van der Waals surface area (Å²) in [6.07, 6.45) is 3.31. The first-order chi connectivity index (χ1) is 6.33. The molecule has 0 bridgehead atoms. The van der Waals surface area contributed by atoms with E-state index in [2.05, 4.69) is 0 Å². The van der Waals surface area contributed by atoms with Crippen LogP contribution in [0.5, 0.6) is 0 Å². The summed E-state index contributed by atoms with van der Waals surface area (Å²) in [6, 6.07) is 9.37. The number of carbonyl (C=O) groups is 2. The first-order valence-electron chi connectivity index (χ1n) is 3.80. The molecule has 0 aromatic heterocycles. The smallest absolute Gasteiger partial charge is 0.250 e. The van der Waals surface area contributed by atoms with Crippen LogP contribution in [0.3, 0.4) is 0 Å². The third kappa shape index (κ3) is 3.33. The van der Waals surface area contributed by atoms with E-state index >= 15 is 0 Å². The van der Waals surface area contributed by atoms with Crippen LogP contribution in [-0.4, -0.2) is 12.3 Å². The molecule has 1 aromatic carbocycles. The highest BCUT2D eigenvalue weighted by Crippen LogP contribution is 1.99. The number of imide groups is 1. The van der Waals surface area contributed by atoms with Crippen molar-refractivity contribution in [2.75, 3.05) is 0 Å². The van der Waals surface area contributed by atoms with E-state index in [0.717, 1.165) is 5.56 Å². The van der Waals surface area contributed by atoms with Crippen LogP contribution in [0.2, 0.25) is 0 Å². The van der Waals surface area contributed by atoms with Crippen LogP contribution >= 0.6 is 0 Å². The van der Waals surface area contributed by atoms with Crippen LogP contribution in [0.25, 0.3) is 6.08 Å². The summed E-state index contributed by atoms with van der Waals surface area (Å²) in [5.74, 6) is -0.418. The van der Waals surface area contributed by atoms with Gasteiger partial charge in [0.05, 0.1) is 0 Å². The second-order valence-electron chi connectivity index (χ2n) is 2.37. The first-order valence-corrected chi connectivity index (χ1v) is 3.80. The van der Waals surface area contributed by atoms with Crippen LogP contribution in [0.1, 0.15) is 5.56 Å². The van der Waals surface area contributed by atoms with E-state index in [1.807, 2.05) is 35.6 Å². The van der Waals surface area contributed by atoms with Gasteiger partial charge in [-0.15, -0.1) is 0 Å². The summed E-state index contributed by atoms with van der Waals surface area (Å²) in [5, 5.41) is 2.01. The Morgan fingerprint density at radius 3 is 2.54 bits per heavy atom. The first kappa shape index (κ1) is 9.19. The molecule has 3 heteroatoms. The van der Waals surface area contributed by atoms with Gasteiger partial charge in [-0.1, -0.05) is 30.3 Å². The van der Waals surface area contributed by atoms with Gasteiger partial charge in [-0.25, -0.2) is 0 Å². The Kier molecular flexibility index (Phi) is 3.45.